The largest absolute Gasteiger partial charge is 0.483 e. The molecule has 1 heterocycles. The number of aryl methyl sites for hydroxylation is 1. The molecule has 1 aliphatic heterocycles. The molecule has 2 aromatic rings. The van der Waals surface area contributed by atoms with E-state index in [0.29, 0.717) is 36.0 Å². The van der Waals surface area contributed by atoms with Crippen molar-refractivity contribution in [1.29, 1.82) is 0 Å². The average Bonchev–Trinajstić information content (AvgIpc) is 2.79. The second-order valence-electron chi connectivity index (χ2n) is 9.14. The predicted octanol–water partition coefficient (Wildman–Crippen LogP) is 2.99. The van der Waals surface area contributed by atoms with Crippen LogP contribution in [0.15, 0.2) is 42.5 Å². The van der Waals surface area contributed by atoms with E-state index in [4.69, 9.17) is 16.3 Å². The molecule has 1 N–H and O–H groups in total. The molecular formula is C25H31ClFN3O5S. The van der Waals surface area contributed by atoms with Gasteiger partial charge in [0.25, 0.3) is 5.91 Å². The summed E-state index contributed by atoms with van der Waals surface area (Å²) in [5.41, 5.74) is 1.61. The Hall–Kier alpha value is -2.69. The quantitative estimate of drug-likeness (QED) is 0.526. The lowest BCUT2D eigenvalue weighted by molar-refractivity contribution is -0.139. The average molecular weight is 540 g/mol. The van der Waals surface area contributed by atoms with Gasteiger partial charge in [-0.1, -0.05) is 23.7 Å². The highest BCUT2D eigenvalue weighted by Gasteiger charge is 2.32. The summed E-state index contributed by atoms with van der Waals surface area (Å²) >= 11 is 6.09. The van der Waals surface area contributed by atoms with Crippen LogP contribution >= 0.6 is 11.6 Å². The standard InChI is InChI=1S/C25H31ClFN3O5S/c1-17-14-30(18(2)13-29(17)15-19-4-8-22(27)9-5-19)25(32)16-35-23-10-7-21(26)12-20(23)6-11-24(31)28-36(3,33)34/h4-5,7-10,12,17-18H,6,11,13-16H2,1-3H3,(H,28,31)/t17-,18+/m0/s1. The van der Waals surface area contributed by atoms with Crippen molar-refractivity contribution in [2.75, 3.05) is 26.0 Å². The molecule has 1 saturated heterocycles. The normalized spacial score (nSPS) is 18.6. The summed E-state index contributed by atoms with van der Waals surface area (Å²) in [6.07, 6.45) is 1.03. The molecule has 2 aromatic carbocycles. The first-order valence-electron chi connectivity index (χ1n) is 11.6. The zero-order chi connectivity index (χ0) is 26.5. The minimum Gasteiger partial charge on any atom is -0.483 e. The molecule has 1 fully saturated rings. The molecule has 8 nitrogen and oxygen atoms in total. The summed E-state index contributed by atoms with van der Waals surface area (Å²) in [4.78, 5) is 29.0. The molecule has 36 heavy (non-hydrogen) atoms. The van der Waals surface area contributed by atoms with Crippen molar-refractivity contribution in [2.24, 2.45) is 0 Å². The number of nitrogens with one attached hydrogen (secondary N) is 1. The Morgan fingerprint density at radius 3 is 2.47 bits per heavy atom. The van der Waals surface area contributed by atoms with Gasteiger partial charge in [-0.15, -0.1) is 0 Å². The van der Waals surface area contributed by atoms with Crippen LogP contribution < -0.4 is 9.46 Å². The van der Waals surface area contributed by atoms with Gasteiger partial charge in [0.2, 0.25) is 15.9 Å². The number of piperazine rings is 1. The van der Waals surface area contributed by atoms with Gasteiger partial charge in [-0.25, -0.2) is 12.8 Å². The Kier molecular flexibility index (Phi) is 9.32. The maximum Gasteiger partial charge on any atom is 0.260 e. The van der Waals surface area contributed by atoms with Crippen molar-refractivity contribution in [3.8, 4) is 5.75 Å². The Balaban J connectivity index is 1.57. The predicted molar refractivity (Wildman–Crippen MR) is 136 cm³/mol. The monoisotopic (exact) mass is 539 g/mol. The number of hydrogen-bond acceptors (Lipinski definition) is 6. The van der Waals surface area contributed by atoms with Crippen LogP contribution in [-0.2, 0) is 32.6 Å². The van der Waals surface area contributed by atoms with Crippen molar-refractivity contribution in [3.63, 3.8) is 0 Å². The highest BCUT2D eigenvalue weighted by Crippen LogP contribution is 2.25. The number of carbonyl (C=O) groups is 2. The molecule has 3 rings (SSSR count). The van der Waals surface area contributed by atoms with E-state index in [9.17, 15) is 22.4 Å². The fourth-order valence-electron chi connectivity index (χ4n) is 4.20. The van der Waals surface area contributed by atoms with Gasteiger partial charge in [0.15, 0.2) is 6.61 Å². The molecule has 11 heteroatoms. The van der Waals surface area contributed by atoms with Crippen molar-refractivity contribution < 1.29 is 27.1 Å². The summed E-state index contributed by atoms with van der Waals surface area (Å²) in [6, 6.07) is 11.4. The first-order valence-corrected chi connectivity index (χ1v) is 13.9. The number of rotatable bonds is 9. The Morgan fingerprint density at radius 2 is 1.81 bits per heavy atom. The molecular weight excluding hydrogens is 509 g/mol. The Labute approximate surface area is 216 Å². The van der Waals surface area contributed by atoms with E-state index in [0.717, 1.165) is 11.8 Å². The van der Waals surface area contributed by atoms with E-state index in [1.807, 2.05) is 11.6 Å². The van der Waals surface area contributed by atoms with Gasteiger partial charge < -0.3 is 9.64 Å². The van der Waals surface area contributed by atoms with Crippen LogP contribution in [0.4, 0.5) is 4.39 Å². The summed E-state index contributed by atoms with van der Waals surface area (Å²) in [5, 5.41) is 0.437. The zero-order valence-electron chi connectivity index (χ0n) is 20.5. The molecule has 0 radical (unpaired) electrons. The summed E-state index contributed by atoms with van der Waals surface area (Å²) in [7, 11) is -3.64. The highest BCUT2D eigenvalue weighted by molar-refractivity contribution is 7.89. The molecule has 0 aromatic heterocycles. The van der Waals surface area contributed by atoms with Crippen molar-refractivity contribution >= 4 is 33.4 Å². The van der Waals surface area contributed by atoms with E-state index >= 15 is 0 Å². The topological polar surface area (TPSA) is 96.0 Å². The fourth-order valence-corrected chi connectivity index (χ4v) is 4.91. The van der Waals surface area contributed by atoms with Crippen LogP contribution in [0.1, 0.15) is 31.4 Å². The smallest absolute Gasteiger partial charge is 0.260 e. The lowest BCUT2D eigenvalue weighted by Crippen LogP contribution is -2.58. The second-order valence-corrected chi connectivity index (χ2v) is 11.3. The van der Waals surface area contributed by atoms with Crippen LogP contribution in [0.5, 0.6) is 5.75 Å². The molecule has 0 saturated carbocycles. The number of ether oxygens (including phenoxy) is 1. The number of nitrogens with zero attached hydrogens (tertiary/aromatic N) is 2. The van der Waals surface area contributed by atoms with Crippen LogP contribution in [0, 0.1) is 5.82 Å². The van der Waals surface area contributed by atoms with Crippen molar-refractivity contribution in [1.82, 2.24) is 14.5 Å². The van der Waals surface area contributed by atoms with Crippen LogP contribution in [0.25, 0.3) is 0 Å². The first-order chi connectivity index (χ1) is 16.9. The van der Waals surface area contributed by atoms with Crippen LogP contribution in [-0.4, -0.2) is 68.1 Å². The molecule has 2 amide bonds. The first kappa shape index (κ1) is 27.9. The SMILES string of the molecule is C[C@@H]1CN(Cc2ccc(F)cc2)[C@@H](C)CN1C(=O)COc1ccc(Cl)cc1CCC(=O)NS(C)(=O)=O. The lowest BCUT2D eigenvalue weighted by Gasteiger charge is -2.44. The van der Waals surface area contributed by atoms with Gasteiger partial charge in [0, 0.05) is 43.2 Å². The van der Waals surface area contributed by atoms with Gasteiger partial charge in [-0.05, 0) is 61.7 Å². The molecule has 0 aliphatic carbocycles. The maximum absolute atomic E-state index is 13.2. The van der Waals surface area contributed by atoms with Gasteiger partial charge >= 0.3 is 0 Å². The molecule has 2 atom stereocenters. The van der Waals surface area contributed by atoms with Gasteiger partial charge in [0.05, 0.1) is 6.26 Å². The zero-order valence-corrected chi connectivity index (χ0v) is 22.1. The molecule has 196 valence electrons. The van der Waals surface area contributed by atoms with E-state index in [-0.39, 0.29) is 43.3 Å². The minimum absolute atomic E-state index is 0.0397. The van der Waals surface area contributed by atoms with Crippen LogP contribution in [0.3, 0.4) is 0 Å². The molecule has 1 aliphatic rings. The fraction of sp³-hybridized carbons (Fsp3) is 0.440. The van der Waals surface area contributed by atoms with Gasteiger partial charge in [-0.2, -0.15) is 0 Å². The Bertz CT molecular complexity index is 1190. The number of halogens is 2. The number of amides is 2. The van der Waals surface area contributed by atoms with Crippen molar-refractivity contribution in [3.05, 3.63) is 64.4 Å². The highest BCUT2D eigenvalue weighted by atomic mass is 35.5. The summed E-state index contributed by atoms with van der Waals surface area (Å²) in [6.45, 7) is 5.73. The summed E-state index contributed by atoms with van der Waals surface area (Å²) < 4.78 is 43.4. The molecule has 0 bridgehead atoms. The number of sulfonamides is 1. The lowest BCUT2D eigenvalue weighted by atomic mass is 10.1. The molecule has 0 spiro atoms. The van der Waals surface area contributed by atoms with Crippen molar-refractivity contribution in [2.45, 2.75) is 45.3 Å². The third kappa shape index (κ3) is 8.18. The Morgan fingerprint density at radius 1 is 1.11 bits per heavy atom. The molecule has 0 unspecified atom stereocenters. The second kappa shape index (κ2) is 12.0. The van der Waals surface area contributed by atoms with E-state index in [1.54, 1.807) is 35.2 Å². The maximum atomic E-state index is 13.2. The van der Waals surface area contributed by atoms with Gasteiger partial charge in [-0.3, -0.25) is 19.2 Å². The number of benzene rings is 2. The van der Waals surface area contributed by atoms with Crippen LogP contribution in [0.2, 0.25) is 5.02 Å². The van der Waals surface area contributed by atoms with E-state index < -0.39 is 15.9 Å². The van der Waals surface area contributed by atoms with E-state index in [2.05, 4.69) is 11.8 Å². The number of carbonyl (C=O) groups excluding carboxylic acids is 2. The van der Waals surface area contributed by atoms with E-state index in [1.165, 1.54) is 12.1 Å². The third-order valence-corrected chi connectivity index (χ3v) is 6.86. The third-order valence-electron chi connectivity index (χ3n) is 6.03. The number of hydrogen-bond donors (Lipinski definition) is 1. The van der Waals surface area contributed by atoms with Gasteiger partial charge in [0.1, 0.15) is 11.6 Å². The minimum atomic E-state index is -3.64. The summed E-state index contributed by atoms with van der Waals surface area (Å²) in [5.74, 6) is -0.653.